The number of carbonyl (C=O) groups excluding carboxylic acids is 1. The summed E-state index contributed by atoms with van der Waals surface area (Å²) in [5, 5.41) is 2.66. The fraction of sp³-hybridized carbons (Fsp3) is 0.600. The van der Waals surface area contributed by atoms with Gasteiger partial charge in [-0.15, -0.1) is 0 Å². The normalized spacial score (nSPS) is 19.4. The average Bonchev–Trinajstić information content (AvgIpc) is 2.41. The molecule has 7 heteroatoms. The summed E-state index contributed by atoms with van der Waals surface area (Å²) >= 11 is 4.89. The van der Waals surface area contributed by atoms with Crippen molar-refractivity contribution in [2.75, 3.05) is 6.54 Å². The lowest BCUT2D eigenvalue weighted by molar-refractivity contribution is -0.125. The number of halogens is 3. The number of thiocarbonyl (C=S) groups is 1. The van der Waals surface area contributed by atoms with Crippen LogP contribution in [0.2, 0.25) is 0 Å². The SMILES string of the molecule is CC(C)CN1C(=O)/C(=C\CC(F)(F)F)NC1=S. The average molecular weight is 266 g/mol. The molecule has 1 rings (SSSR count). The molecule has 0 atom stereocenters. The summed E-state index contributed by atoms with van der Waals surface area (Å²) in [6.07, 6.45) is -4.63. The maximum atomic E-state index is 12.0. The van der Waals surface area contributed by atoms with Gasteiger partial charge in [0.05, 0.1) is 6.42 Å². The first-order chi connectivity index (χ1) is 7.70. The summed E-state index contributed by atoms with van der Waals surface area (Å²) in [7, 11) is 0. The van der Waals surface area contributed by atoms with Crippen LogP contribution in [0.5, 0.6) is 0 Å². The zero-order chi connectivity index (χ0) is 13.2. The number of allylic oxidation sites excluding steroid dienone is 1. The van der Waals surface area contributed by atoms with Crippen LogP contribution in [-0.4, -0.2) is 28.6 Å². The van der Waals surface area contributed by atoms with Crippen molar-refractivity contribution in [3.05, 3.63) is 11.8 Å². The van der Waals surface area contributed by atoms with Crippen molar-refractivity contribution in [3.8, 4) is 0 Å². The van der Waals surface area contributed by atoms with E-state index in [1.54, 1.807) is 0 Å². The number of amides is 1. The Morgan fingerprint density at radius 3 is 2.53 bits per heavy atom. The Balaban J connectivity index is 2.74. The van der Waals surface area contributed by atoms with Crippen LogP contribution in [0.1, 0.15) is 20.3 Å². The van der Waals surface area contributed by atoms with E-state index in [1.807, 2.05) is 13.8 Å². The Labute approximate surface area is 103 Å². The largest absolute Gasteiger partial charge is 0.392 e. The fourth-order valence-electron chi connectivity index (χ4n) is 1.36. The number of nitrogens with one attached hydrogen (secondary N) is 1. The lowest BCUT2D eigenvalue weighted by atomic mass is 10.2. The molecule has 0 spiro atoms. The molecule has 17 heavy (non-hydrogen) atoms. The minimum atomic E-state index is -4.32. The lowest BCUT2D eigenvalue weighted by Crippen LogP contribution is -2.33. The first kappa shape index (κ1) is 14.0. The van der Waals surface area contributed by atoms with Crippen LogP contribution in [0.3, 0.4) is 0 Å². The Hall–Kier alpha value is -1.11. The maximum absolute atomic E-state index is 12.0. The molecule has 3 nitrogen and oxygen atoms in total. The first-order valence-corrected chi connectivity index (χ1v) is 5.51. The van der Waals surface area contributed by atoms with Gasteiger partial charge in [0.2, 0.25) is 0 Å². The third kappa shape index (κ3) is 3.99. The van der Waals surface area contributed by atoms with Gasteiger partial charge in [0.25, 0.3) is 5.91 Å². The van der Waals surface area contributed by atoms with Crippen molar-refractivity contribution in [1.29, 1.82) is 0 Å². The summed E-state index contributed by atoms with van der Waals surface area (Å²) in [4.78, 5) is 13.0. The van der Waals surface area contributed by atoms with Gasteiger partial charge in [-0.1, -0.05) is 13.8 Å². The Morgan fingerprint density at radius 2 is 2.06 bits per heavy atom. The van der Waals surface area contributed by atoms with Gasteiger partial charge in [0.15, 0.2) is 5.11 Å². The molecule has 0 bridgehead atoms. The molecule has 1 amide bonds. The quantitative estimate of drug-likeness (QED) is 0.628. The molecule has 1 saturated heterocycles. The second kappa shape index (κ2) is 5.03. The van der Waals surface area contributed by atoms with Crippen molar-refractivity contribution >= 4 is 23.2 Å². The summed E-state index contributed by atoms with van der Waals surface area (Å²) in [6.45, 7) is 4.19. The van der Waals surface area contributed by atoms with E-state index in [0.717, 1.165) is 6.08 Å². The summed E-state index contributed by atoms with van der Waals surface area (Å²) in [5.74, 6) is -0.298. The molecule has 1 aliphatic rings. The zero-order valence-electron chi connectivity index (χ0n) is 9.47. The molecule has 0 aromatic carbocycles. The van der Waals surface area contributed by atoms with E-state index in [0.29, 0.717) is 6.54 Å². The Morgan fingerprint density at radius 1 is 1.47 bits per heavy atom. The van der Waals surface area contributed by atoms with Crippen LogP contribution >= 0.6 is 12.2 Å². The van der Waals surface area contributed by atoms with Crippen LogP contribution in [0.4, 0.5) is 13.2 Å². The second-order valence-electron chi connectivity index (χ2n) is 4.18. The molecule has 1 heterocycles. The van der Waals surface area contributed by atoms with E-state index in [9.17, 15) is 18.0 Å². The third-order valence-corrected chi connectivity index (χ3v) is 2.37. The van der Waals surface area contributed by atoms with Crippen LogP contribution < -0.4 is 5.32 Å². The molecule has 0 aromatic heterocycles. The van der Waals surface area contributed by atoms with E-state index in [4.69, 9.17) is 12.2 Å². The molecular formula is C10H13F3N2OS. The van der Waals surface area contributed by atoms with Gasteiger partial charge in [0, 0.05) is 6.54 Å². The molecule has 0 unspecified atom stereocenters. The predicted octanol–water partition coefficient (Wildman–Crippen LogP) is 2.20. The maximum Gasteiger partial charge on any atom is 0.392 e. The van der Waals surface area contributed by atoms with Gasteiger partial charge in [-0.05, 0) is 24.2 Å². The molecule has 0 radical (unpaired) electrons. The highest BCUT2D eigenvalue weighted by molar-refractivity contribution is 7.80. The number of hydrogen-bond donors (Lipinski definition) is 1. The highest BCUT2D eigenvalue weighted by Crippen LogP contribution is 2.22. The van der Waals surface area contributed by atoms with E-state index in [1.165, 1.54) is 4.90 Å². The van der Waals surface area contributed by atoms with Crippen LogP contribution in [0.15, 0.2) is 11.8 Å². The van der Waals surface area contributed by atoms with Gasteiger partial charge in [-0.25, -0.2) is 0 Å². The first-order valence-electron chi connectivity index (χ1n) is 5.10. The topological polar surface area (TPSA) is 32.3 Å². The van der Waals surface area contributed by atoms with Gasteiger partial charge in [-0.3, -0.25) is 9.69 Å². The number of alkyl halides is 3. The van der Waals surface area contributed by atoms with Crippen molar-refractivity contribution in [2.24, 2.45) is 5.92 Å². The summed E-state index contributed by atoms with van der Waals surface area (Å²) in [5.41, 5.74) is -0.0898. The summed E-state index contributed by atoms with van der Waals surface area (Å²) < 4.78 is 36.0. The molecule has 1 N–H and O–H groups in total. The molecule has 0 aromatic rings. The second-order valence-corrected chi connectivity index (χ2v) is 4.56. The minimum Gasteiger partial charge on any atom is -0.328 e. The summed E-state index contributed by atoms with van der Waals surface area (Å²) in [6, 6.07) is 0. The highest BCUT2D eigenvalue weighted by Gasteiger charge is 2.33. The van der Waals surface area contributed by atoms with Crippen molar-refractivity contribution in [3.63, 3.8) is 0 Å². The molecule has 0 saturated carbocycles. The van der Waals surface area contributed by atoms with E-state index in [2.05, 4.69) is 5.32 Å². The highest BCUT2D eigenvalue weighted by atomic mass is 32.1. The molecule has 1 aliphatic heterocycles. The van der Waals surface area contributed by atoms with Gasteiger partial charge >= 0.3 is 6.18 Å². The van der Waals surface area contributed by atoms with Crippen LogP contribution in [0, 0.1) is 5.92 Å². The van der Waals surface area contributed by atoms with Crippen LogP contribution in [0.25, 0.3) is 0 Å². The Kier molecular flexibility index (Phi) is 4.13. The number of nitrogens with zero attached hydrogens (tertiary/aromatic N) is 1. The van der Waals surface area contributed by atoms with E-state index >= 15 is 0 Å². The Bertz CT molecular complexity index is 363. The van der Waals surface area contributed by atoms with Crippen LogP contribution in [-0.2, 0) is 4.79 Å². The zero-order valence-corrected chi connectivity index (χ0v) is 10.3. The smallest absolute Gasteiger partial charge is 0.328 e. The van der Waals surface area contributed by atoms with Gasteiger partial charge in [0.1, 0.15) is 5.70 Å². The van der Waals surface area contributed by atoms with Gasteiger partial charge in [-0.2, -0.15) is 13.2 Å². The molecule has 1 fully saturated rings. The molecular weight excluding hydrogens is 253 g/mol. The van der Waals surface area contributed by atoms with E-state index < -0.39 is 18.5 Å². The minimum absolute atomic E-state index is 0.0898. The third-order valence-electron chi connectivity index (χ3n) is 2.05. The van der Waals surface area contributed by atoms with E-state index in [-0.39, 0.29) is 16.7 Å². The van der Waals surface area contributed by atoms with Crippen molar-refractivity contribution in [2.45, 2.75) is 26.4 Å². The van der Waals surface area contributed by atoms with Gasteiger partial charge < -0.3 is 5.32 Å². The molecule has 0 aliphatic carbocycles. The number of rotatable bonds is 3. The monoisotopic (exact) mass is 266 g/mol. The lowest BCUT2D eigenvalue weighted by Gasteiger charge is -2.15. The van der Waals surface area contributed by atoms with Crippen molar-refractivity contribution < 1.29 is 18.0 Å². The molecule has 96 valence electrons. The van der Waals surface area contributed by atoms with Crippen molar-refractivity contribution in [1.82, 2.24) is 10.2 Å². The standard InChI is InChI=1S/C10H13F3N2OS/c1-6(2)5-15-8(16)7(14-9(15)17)3-4-10(11,12)13/h3,6H,4-5H2,1-2H3,(H,14,17)/b7-3+. The predicted molar refractivity (Wildman–Crippen MR) is 61.0 cm³/mol. The number of carbonyl (C=O) groups is 1. The number of hydrogen-bond acceptors (Lipinski definition) is 2. The fourth-order valence-corrected chi connectivity index (χ4v) is 1.63.